The number of carbonyl (C=O) groups excluding carboxylic acids is 2. The lowest BCUT2D eigenvalue weighted by Crippen LogP contribution is -2.51. The van der Waals surface area contributed by atoms with Gasteiger partial charge in [-0.1, -0.05) is 80.6 Å². The van der Waals surface area contributed by atoms with Gasteiger partial charge in [0.05, 0.1) is 6.61 Å². The third-order valence-corrected chi connectivity index (χ3v) is 5.80. The molecule has 0 aromatic heterocycles. The Hall–Kier alpha value is -3.67. The molecule has 1 N–H and O–H groups in total. The van der Waals surface area contributed by atoms with E-state index >= 15 is 0 Å². The van der Waals surface area contributed by atoms with Crippen LogP contribution in [0.5, 0.6) is 5.75 Å². The van der Waals surface area contributed by atoms with Gasteiger partial charge < -0.3 is 15.0 Å². The third kappa shape index (κ3) is 8.52. The smallest absolute Gasteiger partial charge is 0.243 e. The molecule has 0 unspecified atom stereocenters. The summed E-state index contributed by atoms with van der Waals surface area (Å²) in [5, 5.41) is 2.98. The van der Waals surface area contributed by atoms with Crippen LogP contribution in [0.4, 0.5) is 4.39 Å². The summed E-state index contributed by atoms with van der Waals surface area (Å²) in [6.45, 7) is 4.91. The molecule has 3 aromatic carbocycles. The largest absolute Gasteiger partial charge is 0.494 e. The predicted molar refractivity (Wildman–Crippen MR) is 140 cm³/mol. The number of halogens is 1. The van der Waals surface area contributed by atoms with E-state index in [4.69, 9.17) is 4.74 Å². The second-order valence-corrected chi connectivity index (χ2v) is 9.22. The summed E-state index contributed by atoms with van der Waals surface area (Å²) in [6.07, 6.45) is 1.00. The molecular weight excluding hydrogens is 455 g/mol. The van der Waals surface area contributed by atoms with Gasteiger partial charge in [0.2, 0.25) is 11.8 Å². The molecule has 0 saturated carbocycles. The van der Waals surface area contributed by atoms with Gasteiger partial charge in [0.15, 0.2) is 0 Å². The molecule has 0 spiro atoms. The highest BCUT2D eigenvalue weighted by atomic mass is 19.1. The van der Waals surface area contributed by atoms with Crippen molar-refractivity contribution in [3.8, 4) is 5.75 Å². The van der Waals surface area contributed by atoms with E-state index < -0.39 is 11.9 Å². The Labute approximate surface area is 213 Å². The Bertz CT molecular complexity index is 1090. The molecule has 0 bridgehead atoms. The highest BCUT2D eigenvalue weighted by molar-refractivity contribution is 5.88. The molecule has 0 saturated heterocycles. The maximum atomic E-state index is 14.6. The van der Waals surface area contributed by atoms with E-state index in [1.54, 1.807) is 18.2 Å². The van der Waals surface area contributed by atoms with Crippen LogP contribution in [-0.2, 0) is 22.6 Å². The van der Waals surface area contributed by atoms with E-state index in [2.05, 4.69) is 5.32 Å². The first-order chi connectivity index (χ1) is 17.4. The van der Waals surface area contributed by atoms with E-state index in [-0.39, 0.29) is 30.7 Å². The fourth-order valence-electron chi connectivity index (χ4n) is 3.86. The van der Waals surface area contributed by atoms with Crippen LogP contribution in [0.15, 0.2) is 84.9 Å². The van der Waals surface area contributed by atoms with Gasteiger partial charge in [0.25, 0.3) is 0 Å². The topological polar surface area (TPSA) is 58.6 Å². The zero-order valence-corrected chi connectivity index (χ0v) is 21.0. The van der Waals surface area contributed by atoms with E-state index in [0.717, 1.165) is 11.3 Å². The molecule has 0 radical (unpaired) electrons. The lowest BCUT2D eigenvalue weighted by Gasteiger charge is -2.32. The van der Waals surface area contributed by atoms with E-state index in [0.29, 0.717) is 31.6 Å². The Morgan fingerprint density at radius 1 is 0.917 bits per heavy atom. The number of para-hydroxylation sites is 1. The number of nitrogens with zero attached hydrogens (tertiary/aromatic N) is 1. The second kappa shape index (κ2) is 14.0. The first kappa shape index (κ1) is 26.9. The number of nitrogens with one attached hydrogen (secondary N) is 1. The van der Waals surface area contributed by atoms with Crippen LogP contribution < -0.4 is 10.1 Å². The number of hydrogen-bond acceptors (Lipinski definition) is 3. The van der Waals surface area contributed by atoms with Gasteiger partial charge in [-0.05, 0) is 36.1 Å². The Morgan fingerprint density at radius 2 is 1.56 bits per heavy atom. The quantitative estimate of drug-likeness (QED) is 0.327. The minimum atomic E-state index is -0.770. The molecule has 3 rings (SSSR count). The van der Waals surface area contributed by atoms with Gasteiger partial charge in [-0.15, -0.1) is 0 Å². The number of benzene rings is 3. The maximum Gasteiger partial charge on any atom is 0.243 e. The Balaban J connectivity index is 1.80. The molecule has 0 heterocycles. The minimum Gasteiger partial charge on any atom is -0.494 e. The van der Waals surface area contributed by atoms with Crippen molar-refractivity contribution in [2.24, 2.45) is 5.92 Å². The van der Waals surface area contributed by atoms with Gasteiger partial charge in [-0.3, -0.25) is 9.59 Å². The molecule has 0 fully saturated rings. The zero-order chi connectivity index (χ0) is 25.8. The molecule has 0 aliphatic carbocycles. The van der Waals surface area contributed by atoms with Gasteiger partial charge in [-0.25, -0.2) is 4.39 Å². The highest BCUT2D eigenvalue weighted by Gasteiger charge is 2.30. The van der Waals surface area contributed by atoms with Crippen molar-refractivity contribution in [3.05, 3.63) is 102 Å². The molecule has 5 nitrogen and oxygen atoms in total. The van der Waals surface area contributed by atoms with E-state index in [1.165, 1.54) is 11.0 Å². The normalized spacial score (nSPS) is 11.7. The lowest BCUT2D eigenvalue weighted by atomic mass is 10.0. The van der Waals surface area contributed by atoms with Crippen LogP contribution in [0.2, 0.25) is 0 Å². The monoisotopic (exact) mass is 490 g/mol. The van der Waals surface area contributed by atoms with Crippen LogP contribution in [0, 0.1) is 11.7 Å². The molecule has 0 aliphatic rings. The minimum absolute atomic E-state index is 0.0116. The van der Waals surface area contributed by atoms with Crippen LogP contribution in [0.1, 0.15) is 37.8 Å². The average Bonchev–Trinajstić information content (AvgIpc) is 2.89. The maximum absolute atomic E-state index is 14.6. The average molecular weight is 491 g/mol. The third-order valence-electron chi connectivity index (χ3n) is 5.80. The number of ether oxygens (including phenoxy) is 1. The van der Waals surface area contributed by atoms with Crippen molar-refractivity contribution in [2.45, 2.75) is 45.7 Å². The SMILES string of the molecule is CC(C)CNC(=O)[C@@H](Cc1ccccc1)N(Cc1ccccc1F)C(=O)CCCOc1ccccc1. The van der Waals surface area contributed by atoms with E-state index in [1.807, 2.05) is 74.5 Å². The number of carbonyl (C=O) groups is 2. The van der Waals surface area contributed by atoms with E-state index in [9.17, 15) is 14.0 Å². The molecule has 36 heavy (non-hydrogen) atoms. The summed E-state index contributed by atoms with van der Waals surface area (Å²) >= 11 is 0. The van der Waals surface area contributed by atoms with Crippen LogP contribution in [0.25, 0.3) is 0 Å². The molecule has 2 amide bonds. The fourth-order valence-corrected chi connectivity index (χ4v) is 3.86. The number of rotatable bonds is 13. The van der Waals surface area contributed by atoms with Crippen molar-refractivity contribution < 1.29 is 18.7 Å². The standard InChI is InChI=1S/C30H35FN2O3/c1-23(2)21-32-30(35)28(20-24-12-5-3-6-13-24)33(22-25-14-9-10-17-27(25)31)29(34)18-11-19-36-26-15-7-4-8-16-26/h3-10,12-17,23,28H,11,18-22H2,1-2H3,(H,32,35)/t28-/m1/s1. The molecular formula is C30H35FN2O3. The Morgan fingerprint density at radius 3 is 2.22 bits per heavy atom. The molecule has 6 heteroatoms. The lowest BCUT2D eigenvalue weighted by molar-refractivity contribution is -0.141. The van der Waals surface area contributed by atoms with Crippen molar-refractivity contribution >= 4 is 11.8 Å². The zero-order valence-electron chi connectivity index (χ0n) is 21.0. The Kier molecular flexibility index (Phi) is 10.5. The van der Waals surface area contributed by atoms with Gasteiger partial charge in [-0.2, -0.15) is 0 Å². The van der Waals surface area contributed by atoms with Crippen molar-refractivity contribution in [1.82, 2.24) is 10.2 Å². The van der Waals surface area contributed by atoms with Crippen molar-refractivity contribution in [1.29, 1.82) is 0 Å². The summed E-state index contributed by atoms with van der Waals surface area (Å²) in [4.78, 5) is 28.4. The van der Waals surface area contributed by atoms with Crippen molar-refractivity contribution in [3.63, 3.8) is 0 Å². The summed E-state index contributed by atoms with van der Waals surface area (Å²) in [5.41, 5.74) is 1.31. The predicted octanol–water partition coefficient (Wildman–Crippen LogP) is 5.40. The van der Waals surface area contributed by atoms with Gasteiger partial charge in [0.1, 0.15) is 17.6 Å². The van der Waals surface area contributed by atoms with Crippen LogP contribution >= 0.6 is 0 Å². The first-order valence-corrected chi connectivity index (χ1v) is 12.5. The van der Waals surface area contributed by atoms with Gasteiger partial charge >= 0.3 is 0 Å². The summed E-state index contributed by atoms with van der Waals surface area (Å²) in [7, 11) is 0. The second-order valence-electron chi connectivity index (χ2n) is 9.22. The molecule has 1 atom stereocenters. The number of hydrogen-bond donors (Lipinski definition) is 1. The summed E-state index contributed by atoms with van der Waals surface area (Å²) in [6, 6.07) is 24.6. The van der Waals surface area contributed by atoms with Gasteiger partial charge in [0, 0.05) is 31.5 Å². The fraction of sp³-hybridized carbons (Fsp3) is 0.333. The first-order valence-electron chi connectivity index (χ1n) is 12.5. The molecule has 0 aliphatic heterocycles. The summed E-state index contributed by atoms with van der Waals surface area (Å²) in [5.74, 6) is 0.150. The number of amides is 2. The summed E-state index contributed by atoms with van der Waals surface area (Å²) < 4.78 is 20.3. The molecule has 190 valence electrons. The van der Waals surface area contributed by atoms with Crippen LogP contribution in [-0.4, -0.2) is 35.9 Å². The van der Waals surface area contributed by atoms with Crippen molar-refractivity contribution in [2.75, 3.05) is 13.2 Å². The molecule has 3 aromatic rings. The van der Waals surface area contributed by atoms with Crippen LogP contribution in [0.3, 0.4) is 0 Å². The highest BCUT2D eigenvalue weighted by Crippen LogP contribution is 2.18.